The van der Waals surface area contributed by atoms with E-state index in [0.717, 1.165) is 11.1 Å². The zero-order valence-electron chi connectivity index (χ0n) is 25.3. The Balaban J connectivity index is 1.32. The minimum atomic E-state index is -2.00. The molecule has 3 fully saturated rings. The molecule has 0 amide bonds. The van der Waals surface area contributed by atoms with Crippen molar-refractivity contribution in [2.45, 2.75) is 61.5 Å². The van der Waals surface area contributed by atoms with Crippen LogP contribution in [0.5, 0.6) is 23.0 Å². The minimum Gasteiger partial charge on any atom is -0.504 e. The molecule has 3 aliphatic heterocycles. The summed E-state index contributed by atoms with van der Waals surface area (Å²) in [4.78, 5) is 12.6. The molecule has 3 heterocycles. The van der Waals surface area contributed by atoms with Crippen molar-refractivity contribution < 1.29 is 73.7 Å². The normalized spacial score (nSPS) is 34.3. The van der Waals surface area contributed by atoms with Crippen LogP contribution in [-0.4, -0.2) is 131 Å². The molecule has 2 aromatic carbocycles. The van der Waals surface area contributed by atoms with E-state index in [4.69, 9.17) is 33.2 Å². The number of aliphatic hydroxyl groups excluding tert-OH is 5. The average molecular weight is 653 g/mol. The number of benzene rings is 2. The lowest BCUT2D eigenvalue weighted by atomic mass is 9.85. The molecule has 0 radical (unpaired) electrons. The lowest BCUT2D eigenvalue weighted by molar-refractivity contribution is -0.319. The van der Waals surface area contributed by atoms with E-state index in [2.05, 4.69) is 0 Å². The van der Waals surface area contributed by atoms with Gasteiger partial charge in [0.2, 0.25) is 6.29 Å². The van der Waals surface area contributed by atoms with Gasteiger partial charge in [-0.15, -0.1) is 0 Å². The summed E-state index contributed by atoms with van der Waals surface area (Å²) in [6.07, 6.45) is -9.83. The number of phenols is 1. The Morgan fingerprint density at radius 2 is 1.61 bits per heavy atom. The van der Waals surface area contributed by atoms with Gasteiger partial charge in [-0.25, -0.2) is 0 Å². The Morgan fingerprint density at radius 3 is 2.28 bits per heavy atom. The SMILES string of the molecule is COc1cc(C[C@H]2C(=O)OC[C@@H]2Cc2ccc(O[C@@H]3O[C@H](CO)[C@@H](O)[C@H](O)[C@H]3O[C@@H]3OC[C@](O)(CO)[C@H]3O)c(OC)c2)ccc1O. The number of carbonyl (C=O) groups excluding carboxylic acids is 1. The first-order valence-electron chi connectivity index (χ1n) is 14.8. The molecule has 0 aliphatic carbocycles. The van der Waals surface area contributed by atoms with Crippen molar-refractivity contribution in [2.75, 3.05) is 40.6 Å². The van der Waals surface area contributed by atoms with Gasteiger partial charge in [0, 0.05) is 5.92 Å². The van der Waals surface area contributed by atoms with Crippen molar-refractivity contribution in [3.63, 3.8) is 0 Å². The van der Waals surface area contributed by atoms with E-state index in [1.807, 2.05) is 0 Å². The molecular formula is C31H40O15. The van der Waals surface area contributed by atoms with Gasteiger partial charge in [0.15, 0.2) is 35.4 Å². The number of methoxy groups -OCH3 is 2. The van der Waals surface area contributed by atoms with Crippen LogP contribution in [0.4, 0.5) is 0 Å². The number of phenolic OH excluding ortho intramolecular Hbond substituents is 1. The monoisotopic (exact) mass is 652 g/mol. The summed E-state index contributed by atoms with van der Waals surface area (Å²) in [7, 11) is 2.86. The maximum absolute atomic E-state index is 12.6. The van der Waals surface area contributed by atoms with E-state index < -0.39 is 74.4 Å². The molecule has 10 atom stereocenters. The highest BCUT2D eigenvalue weighted by atomic mass is 16.8. The molecular weight excluding hydrogens is 612 g/mol. The second-order valence-electron chi connectivity index (χ2n) is 11.7. The van der Waals surface area contributed by atoms with E-state index >= 15 is 0 Å². The van der Waals surface area contributed by atoms with Crippen LogP contribution in [0, 0.1) is 11.8 Å². The molecule has 0 aromatic heterocycles. The summed E-state index contributed by atoms with van der Waals surface area (Å²) < 4.78 is 38.9. The van der Waals surface area contributed by atoms with Gasteiger partial charge in [0.25, 0.3) is 0 Å². The number of rotatable bonds is 12. The van der Waals surface area contributed by atoms with Gasteiger partial charge < -0.3 is 68.9 Å². The molecule has 0 unspecified atom stereocenters. The molecule has 15 nitrogen and oxygen atoms in total. The van der Waals surface area contributed by atoms with Gasteiger partial charge in [-0.3, -0.25) is 4.79 Å². The zero-order chi connectivity index (χ0) is 33.2. The Bertz CT molecular complexity index is 1360. The van der Waals surface area contributed by atoms with Gasteiger partial charge in [-0.2, -0.15) is 0 Å². The first kappa shape index (κ1) is 34.1. The predicted octanol–water partition coefficient (Wildman–Crippen LogP) is -1.37. The Hall–Kier alpha value is -3.25. The Labute approximate surface area is 264 Å². The fourth-order valence-corrected chi connectivity index (χ4v) is 5.88. The number of hydrogen-bond acceptors (Lipinski definition) is 15. The maximum atomic E-state index is 12.6. The van der Waals surface area contributed by atoms with Crippen molar-refractivity contribution in [2.24, 2.45) is 11.8 Å². The molecule has 0 saturated carbocycles. The molecule has 3 saturated heterocycles. The number of carbonyl (C=O) groups is 1. The Kier molecular flexibility index (Phi) is 10.6. The molecule has 3 aliphatic rings. The van der Waals surface area contributed by atoms with Gasteiger partial charge in [-0.1, -0.05) is 12.1 Å². The lowest BCUT2D eigenvalue weighted by Crippen LogP contribution is -2.62. The number of aromatic hydroxyl groups is 1. The average Bonchev–Trinajstić information content (AvgIpc) is 3.55. The highest BCUT2D eigenvalue weighted by Gasteiger charge is 2.53. The van der Waals surface area contributed by atoms with Crippen LogP contribution in [0.25, 0.3) is 0 Å². The lowest BCUT2D eigenvalue weighted by Gasteiger charge is -2.42. The van der Waals surface area contributed by atoms with Crippen LogP contribution in [-0.2, 0) is 36.6 Å². The van der Waals surface area contributed by atoms with Crippen molar-refractivity contribution >= 4 is 5.97 Å². The summed E-state index contributed by atoms with van der Waals surface area (Å²) in [5.41, 5.74) is -0.399. The van der Waals surface area contributed by atoms with E-state index in [9.17, 15) is 40.5 Å². The molecule has 46 heavy (non-hydrogen) atoms. The number of aliphatic hydroxyl groups is 6. The number of cyclic esters (lactones) is 1. The van der Waals surface area contributed by atoms with Crippen molar-refractivity contribution in [3.05, 3.63) is 47.5 Å². The predicted molar refractivity (Wildman–Crippen MR) is 154 cm³/mol. The molecule has 2 aromatic rings. The second-order valence-corrected chi connectivity index (χ2v) is 11.7. The van der Waals surface area contributed by atoms with Crippen LogP contribution in [0.2, 0.25) is 0 Å². The fraction of sp³-hybridized carbons (Fsp3) is 0.581. The van der Waals surface area contributed by atoms with Crippen LogP contribution < -0.4 is 14.2 Å². The molecule has 254 valence electrons. The quantitative estimate of drug-likeness (QED) is 0.131. The molecule has 5 rings (SSSR count). The van der Waals surface area contributed by atoms with E-state index in [0.29, 0.717) is 18.6 Å². The van der Waals surface area contributed by atoms with Crippen molar-refractivity contribution in [1.29, 1.82) is 0 Å². The van der Waals surface area contributed by atoms with Crippen molar-refractivity contribution in [3.8, 4) is 23.0 Å². The van der Waals surface area contributed by atoms with Gasteiger partial charge >= 0.3 is 5.97 Å². The zero-order valence-corrected chi connectivity index (χ0v) is 25.3. The third kappa shape index (κ3) is 6.88. The van der Waals surface area contributed by atoms with Gasteiger partial charge in [-0.05, 0) is 48.2 Å². The minimum absolute atomic E-state index is 0.00127. The molecule has 7 N–H and O–H groups in total. The second kappa shape index (κ2) is 14.3. The molecule has 0 bridgehead atoms. The standard InChI is InChI=1S/C31H40O15/c1-40-21-9-16(3-5-19(21)34)8-18-17(12-42-28(18)38)7-15-4-6-20(22(10-15)41-2)44-29-26(25(36)24(35)23(11-32)45-29)46-30-27(37)31(39,13-33)14-43-30/h3-6,9-10,17-18,23-27,29-30,32-37,39H,7-8,11-14H2,1-2H3/t17-,18+,23+,24+,25-,26+,27-,29+,30-,31+/m0/s1. The third-order valence-corrected chi connectivity index (χ3v) is 8.68. The van der Waals surface area contributed by atoms with E-state index in [-0.39, 0.29) is 35.7 Å². The first-order chi connectivity index (χ1) is 22.0. The van der Waals surface area contributed by atoms with Gasteiger partial charge in [0.05, 0.1) is 46.6 Å². The summed E-state index contributed by atoms with van der Waals surface area (Å²) >= 11 is 0. The summed E-state index contributed by atoms with van der Waals surface area (Å²) in [5, 5.41) is 71.2. The van der Waals surface area contributed by atoms with Crippen LogP contribution in [0.3, 0.4) is 0 Å². The first-order valence-corrected chi connectivity index (χ1v) is 14.8. The highest BCUT2D eigenvalue weighted by Crippen LogP contribution is 2.37. The highest BCUT2D eigenvalue weighted by molar-refractivity contribution is 5.75. The summed E-state index contributed by atoms with van der Waals surface area (Å²) in [6.45, 7) is -1.71. The largest absolute Gasteiger partial charge is 0.504 e. The van der Waals surface area contributed by atoms with E-state index in [1.54, 1.807) is 30.3 Å². The van der Waals surface area contributed by atoms with E-state index in [1.165, 1.54) is 20.3 Å². The third-order valence-electron chi connectivity index (χ3n) is 8.68. The summed E-state index contributed by atoms with van der Waals surface area (Å²) in [6, 6.07) is 9.96. The van der Waals surface area contributed by atoms with Crippen molar-refractivity contribution in [1.82, 2.24) is 0 Å². The number of ether oxygens (including phenoxy) is 7. The topological polar surface area (TPSA) is 223 Å². The Morgan fingerprint density at radius 1 is 0.913 bits per heavy atom. The molecule has 15 heteroatoms. The van der Waals surface area contributed by atoms with Crippen LogP contribution >= 0.6 is 0 Å². The van der Waals surface area contributed by atoms with Gasteiger partial charge in [0.1, 0.15) is 30.0 Å². The molecule has 0 spiro atoms. The van der Waals surface area contributed by atoms with Crippen LogP contribution in [0.15, 0.2) is 36.4 Å². The maximum Gasteiger partial charge on any atom is 0.309 e. The fourth-order valence-electron chi connectivity index (χ4n) is 5.88. The smallest absolute Gasteiger partial charge is 0.309 e. The van der Waals surface area contributed by atoms with Crippen LogP contribution in [0.1, 0.15) is 11.1 Å². The number of esters is 1. The number of hydrogen-bond donors (Lipinski definition) is 7. The summed E-state index contributed by atoms with van der Waals surface area (Å²) in [5.74, 6) is -0.211.